The molecule has 3 aliphatic rings. The second-order valence-electron chi connectivity index (χ2n) is 5.20. The minimum Gasteiger partial charge on any atom is -0.373 e. The van der Waals surface area contributed by atoms with E-state index >= 15 is 0 Å². The lowest BCUT2D eigenvalue weighted by Gasteiger charge is -2.25. The molecule has 0 aromatic heterocycles. The molecule has 0 bridgehead atoms. The number of ketones is 1. The van der Waals surface area contributed by atoms with Crippen LogP contribution < -0.4 is 0 Å². The number of benzene rings is 1. The molecule has 0 N–H and O–H groups in total. The van der Waals surface area contributed by atoms with Crippen LogP contribution in [0.15, 0.2) is 34.9 Å². The van der Waals surface area contributed by atoms with Crippen molar-refractivity contribution < 1.29 is 4.79 Å². The highest BCUT2D eigenvalue weighted by Gasteiger charge is 2.41. The van der Waals surface area contributed by atoms with Gasteiger partial charge in [0.15, 0.2) is 5.78 Å². The van der Waals surface area contributed by atoms with E-state index in [-0.39, 0.29) is 0 Å². The molecule has 1 aromatic rings. The monoisotopic (exact) mass is 257 g/mol. The molecule has 0 radical (unpaired) electrons. The lowest BCUT2D eigenvalue weighted by molar-refractivity contribution is -0.113. The summed E-state index contributed by atoms with van der Waals surface area (Å²) in [6.45, 7) is 2.22. The second kappa shape index (κ2) is 3.89. The lowest BCUT2D eigenvalue weighted by Crippen LogP contribution is -2.23. The van der Waals surface area contributed by atoms with Gasteiger partial charge in [-0.2, -0.15) is 0 Å². The first-order valence-corrected chi connectivity index (χ1v) is 7.57. The van der Waals surface area contributed by atoms with Crippen LogP contribution in [-0.2, 0) is 4.79 Å². The molecule has 18 heavy (non-hydrogen) atoms. The summed E-state index contributed by atoms with van der Waals surface area (Å²) in [5.74, 6) is 1.98. The highest BCUT2D eigenvalue weighted by atomic mass is 32.2. The third kappa shape index (κ3) is 1.40. The van der Waals surface area contributed by atoms with Gasteiger partial charge < -0.3 is 4.90 Å². The summed E-state index contributed by atoms with van der Waals surface area (Å²) >= 11 is 1.88. The number of allylic oxidation sites excluding steroid dienone is 2. The molecule has 1 unspecified atom stereocenters. The molecule has 0 saturated carbocycles. The molecular formula is C15H15NOS. The van der Waals surface area contributed by atoms with Gasteiger partial charge in [-0.1, -0.05) is 18.2 Å². The minimum atomic E-state index is 0.356. The third-order valence-corrected chi connectivity index (χ3v) is 5.27. The average Bonchev–Trinajstić information content (AvgIpc) is 2.85. The maximum atomic E-state index is 12.3. The van der Waals surface area contributed by atoms with Crippen molar-refractivity contribution in [2.75, 3.05) is 18.8 Å². The summed E-state index contributed by atoms with van der Waals surface area (Å²) in [4.78, 5) is 16.1. The Labute approximate surface area is 111 Å². The molecule has 2 heterocycles. The lowest BCUT2D eigenvalue weighted by atomic mass is 10.0. The van der Waals surface area contributed by atoms with Crippen LogP contribution in [0, 0.1) is 5.92 Å². The number of hydrogen-bond acceptors (Lipinski definition) is 3. The van der Waals surface area contributed by atoms with Crippen LogP contribution in [0.2, 0.25) is 0 Å². The van der Waals surface area contributed by atoms with Gasteiger partial charge in [-0.15, -0.1) is 11.8 Å². The molecule has 0 spiro atoms. The van der Waals surface area contributed by atoms with E-state index < -0.39 is 0 Å². The molecule has 3 heteroatoms. The fraction of sp³-hybridized carbons (Fsp3) is 0.400. The quantitative estimate of drug-likeness (QED) is 0.713. The topological polar surface area (TPSA) is 20.3 Å². The third-order valence-electron chi connectivity index (χ3n) is 4.22. The molecule has 1 fully saturated rings. The van der Waals surface area contributed by atoms with Crippen molar-refractivity contribution >= 4 is 23.1 Å². The van der Waals surface area contributed by atoms with Crippen LogP contribution in [0.3, 0.4) is 0 Å². The van der Waals surface area contributed by atoms with Gasteiger partial charge >= 0.3 is 0 Å². The SMILES string of the molecule is O=C1CC2CCN3CCSc4ccccc4C1=C23. The van der Waals surface area contributed by atoms with Gasteiger partial charge in [-0.25, -0.2) is 0 Å². The number of rotatable bonds is 0. The Morgan fingerprint density at radius 3 is 3.06 bits per heavy atom. The average molecular weight is 257 g/mol. The van der Waals surface area contributed by atoms with E-state index in [4.69, 9.17) is 0 Å². The van der Waals surface area contributed by atoms with Gasteiger partial charge in [0.25, 0.3) is 0 Å². The van der Waals surface area contributed by atoms with E-state index in [0.717, 1.165) is 37.3 Å². The fourth-order valence-corrected chi connectivity index (χ4v) is 4.47. The molecule has 1 aliphatic carbocycles. The van der Waals surface area contributed by atoms with Gasteiger partial charge in [0.2, 0.25) is 0 Å². The van der Waals surface area contributed by atoms with Crippen molar-refractivity contribution in [2.24, 2.45) is 5.92 Å². The van der Waals surface area contributed by atoms with Crippen molar-refractivity contribution in [3.05, 3.63) is 35.5 Å². The van der Waals surface area contributed by atoms with Gasteiger partial charge in [0, 0.05) is 52.9 Å². The van der Waals surface area contributed by atoms with E-state index in [0.29, 0.717) is 11.7 Å². The van der Waals surface area contributed by atoms with Crippen LogP contribution in [0.4, 0.5) is 0 Å². The van der Waals surface area contributed by atoms with Gasteiger partial charge in [0.1, 0.15) is 0 Å². The number of carbonyl (C=O) groups excluding carboxylic acids is 1. The number of fused-ring (bicyclic) bond motifs is 2. The Hall–Kier alpha value is -1.22. The fourth-order valence-electron chi connectivity index (χ4n) is 3.44. The number of thioether (sulfide) groups is 1. The molecule has 0 amide bonds. The molecule has 2 aliphatic heterocycles. The van der Waals surface area contributed by atoms with Gasteiger partial charge in [0.05, 0.1) is 0 Å². The Balaban J connectivity index is 1.97. The summed E-state index contributed by atoms with van der Waals surface area (Å²) < 4.78 is 0. The van der Waals surface area contributed by atoms with Crippen molar-refractivity contribution in [3.8, 4) is 0 Å². The van der Waals surface area contributed by atoms with E-state index in [1.807, 2.05) is 11.8 Å². The molecule has 2 nitrogen and oxygen atoms in total. The standard InChI is InChI=1S/C15H15NOS/c17-12-9-10-5-6-16-7-8-18-13-4-2-1-3-11(13)14(12)15(10)16/h1-4,10H,5-9H2. The highest BCUT2D eigenvalue weighted by Crippen LogP contribution is 2.46. The largest absolute Gasteiger partial charge is 0.373 e. The number of Topliss-reactive ketones (excluding diaryl/α,β-unsaturated/α-hetero) is 1. The zero-order chi connectivity index (χ0) is 12.1. The second-order valence-corrected chi connectivity index (χ2v) is 6.34. The van der Waals surface area contributed by atoms with Crippen molar-refractivity contribution in [1.29, 1.82) is 0 Å². The predicted octanol–water partition coefficient (Wildman–Crippen LogP) is 2.80. The maximum absolute atomic E-state index is 12.3. The Morgan fingerprint density at radius 2 is 2.11 bits per heavy atom. The normalized spacial score (nSPS) is 25.9. The first-order chi connectivity index (χ1) is 8.84. The van der Waals surface area contributed by atoms with E-state index in [9.17, 15) is 4.79 Å². The molecule has 1 atom stereocenters. The number of nitrogens with zero attached hydrogens (tertiary/aromatic N) is 1. The van der Waals surface area contributed by atoms with Crippen LogP contribution in [0.25, 0.3) is 5.57 Å². The maximum Gasteiger partial charge on any atom is 0.165 e. The van der Waals surface area contributed by atoms with Gasteiger partial charge in [-0.3, -0.25) is 4.79 Å². The molecule has 92 valence electrons. The molecule has 4 rings (SSSR count). The summed E-state index contributed by atoms with van der Waals surface area (Å²) in [6, 6.07) is 8.39. The summed E-state index contributed by atoms with van der Waals surface area (Å²) in [5.41, 5.74) is 3.56. The number of carbonyl (C=O) groups is 1. The van der Waals surface area contributed by atoms with Crippen molar-refractivity contribution in [3.63, 3.8) is 0 Å². The first kappa shape index (κ1) is 10.7. The van der Waals surface area contributed by atoms with Crippen LogP contribution in [0.5, 0.6) is 0 Å². The van der Waals surface area contributed by atoms with E-state index in [2.05, 4.69) is 29.2 Å². The highest BCUT2D eigenvalue weighted by molar-refractivity contribution is 7.99. The van der Waals surface area contributed by atoms with Crippen LogP contribution in [0.1, 0.15) is 18.4 Å². The Bertz CT molecular complexity index is 563. The molecular weight excluding hydrogens is 242 g/mol. The Kier molecular flexibility index (Phi) is 2.31. The smallest absolute Gasteiger partial charge is 0.165 e. The van der Waals surface area contributed by atoms with Crippen LogP contribution >= 0.6 is 11.8 Å². The zero-order valence-electron chi connectivity index (χ0n) is 10.2. The summed E-state index contributed by atoms with van der Waals surface area (Å²) in [7, 11) is 0. The van der Waals surface area contributed by atoms with Gasteiger partial charge in [-0.05, 0) is 12.5 Å². The molecule has 1 aromatic carbocycles. The predicted molar refractivity (Wildman–Crippen MR) is 73.4 cm³/mol. The Morgan fingerprint density at radius 1 is 1.22 bits per heavy atom. The van der Waals surface area contributed by atoms with Crippen LogP contribution in [-0.4, -0.2) is 29.5 Å². The first-order valence-electron chi connectivity index (χ1n) is 6.59. The summed E-state index contributed by atoms with van der Waals surface area (Å²) in [6.07, 6.45) is 1.90. The van der Waals surface area contributed by atoms with E-state index in [1.165, 1.54) is 16.2 Å². The molecule has 1 saturated heterocycles. The zero-order valence-corrected chi connectivity index (χ0v) is 11.0. The minimum absolute atomic E-state index is 0.356. The number of hydrogen-bond donors (Lipinski definition) is 0. The van der Waals surface area contributed by atoms with E-state index in [1.54, 1.807) is 0 Å². The van der Waals surface area contributed by atoms with Crippen molar-refractivity contribution in [1.82, 2.24) is 4.90 Å². The van der Waals surface area contributed by atoms with Crippen molar-refractivity contribution in [2.45, 2.75) is 17.7 Å². The summed E-state index contributed by atoms with van der Waals surface area (Å²) in [5, 5.41) is 0.